The van der Waals surface area contributed by atoms with Crippen molar-refractivity contribution in [3.63, 3.8) is 0 Å². The van der Waals surface area contributed by atoms with E-state index in [2.05, 4.69) is 16.7 Å². The van der Waals surface area contributed by atoms with Gasteiger partial charge < -0.3 is 9.30 Å². The molecule has 0 saturated heterocycles. The lowest BCUT2D eigenvalue weighted by atomic mass is 10.2. The Kier molecular flexibility index (Phi) is 5.03. The minimum atomic E-state index is 0.672. The van der Waals surface area contributed by atoms with Crippen LogP contribution < -0.4 is 0 Å². The van der Waals surface area contributed by atoms with Gasteiger partial charge >= 0.3 is 0 Å². The summed E-state index contributed by atoms with van der Waals surface area (Å²) < 4.78 is 7.44. The molecule has 0 aliphatic carbocycles. The van der Waals surface area contributed by atoms with Gasteiger partial charge in [0.25, 0.3) is 0 Å². The molecule has 2 aromatic carbocycles. The standard InChI is InChI=1S/C17H17ClN2OS/c1-21-10-9-20-16-8-3-2-7-15(16)19-17(20)22-12-13-5-4-6-14(18)11-13/h2-8,11H,9-10,12H2,1H3. The molecule has 0 amide bonds. The Morgan fingerprint density at radius 3 is 2.86 bits per heavy atom. The van der Waals surface area contributed by atoms with Crippen molar-refractivity contribution < 1.29 is 4.74 Å². The van der Waals surface area contributed by atoms with Crippen LogP contribution in [0.4, 0.5) is 0 Å². The number of hydrogen-bond acceptors (Lipinski definition) is 3. The van der Waals surface area contributed by atoms with Crippen molar-refractivity contribution in [2.75, 3.05) is 13.7 Å². The van der Waals surface area contributed by atoms with Gasteiger partial charge in [0.1, 0.15) is 0 Å². The van der Waals surface area contributed by atoms with Gasteiger partial charge in [0, 0.05) is 24.4 Å². The largest absolute Gasteiger partial charge is 0.383 e. The third kappa shape index (κ3) is 3.46. The maximum absolute atomic E-state index is 6.04. The van der Waals surface area contributed by atoms with E-state index in [0.717, 1.165) is 33.5 Å². The second-order valence-corrected chi connectivity index (χ2v) is 6.33. The number of imidazole rings is 1. The van der Waals surface area contributed by atoms with E-state index in [9.17, 15) is 0 Å². The highest BCUT2D eigenvalue weighted by Gasteiger charge is 2.11. The molecule has 0 unspecified atom stereocenters. The third-order valence-electron chi connectivity index (χ3n) is 3.40. The summed E-state index contributed by atoms with van der Waals surface area (Å²) in [6.45, 7) is 1.47. The molecule has 114 valence electrons. The van der Waals surface area contributed by atoms with Gasteiger partial charge in [-0.25, -0.2) is 4.98 Å². The third-order valence-corrected chi connectivity index (χ3v) is 4.68. The Hall–Kier alpha value is -1.49. The molecule has 3 rings (SSSR count). The monoisotopic (exact) mass is 332 g/mol. The first-order chi connectivity index (χ1) is 10.8. The summed E-state index contributed by atoms with van der Waals surface area (Å²) in [7, 11) is 1.72. The van der Waals surface area contributed by atoms with E-state index < -0.39 is 0 Å². The van der Waals surface area contributed by atoms with Crippen LogP contribution in [0, 0.1) is 0 Å². The predicted molar refractivity (Wildman–Crippen MR) is 92.6 cm³/mol. The second kappa shape index (κ2) is 7.18. The van der Waals surface area contributed by atoms with Crippen LogP contribution in [-0.2, 0) is 17.0 Å². The quantitative estimate of drug-likeness (QED) is 0.616. The predicted octanol–water partition coefficient (Wildman–Crippen LogP) is 4.63. The van der Waals surface area contributed by atoms with Gasteiger partial charge in [-0.3, -0.25) is 0 Å². The number of aromatic nitrogens is 2. The summed E-state index contributed by atoms with van der Waals surface area (Å²) in [5, 5.41) is 1.78. The Labute approximate surface area is 139 Å². The molecule has 0 bridgehead atoms. The molecule has 0 spiro atoms. The van der Waals surface area contributed by atoms with Crippen molar-refractivity contribution >= 4 is 34.4 Å². The van der Waals surface area contributed by atoms with Gasteiger partial charge in [0.05, 0.1) is 17.6 Å². The molecule has 0 radical (unpaired) electrons. The van der Waals surface area contributed by atoms with Crippen molar-refractivity contribution in [2.24, 2.45) is 0 Å². The fourth-order valence-electron chi connectivity index (χ4n) is 2.34. The van der Waals surface area contributed by atoms with Crippen LogP contribution in [0.5, 0.6) is 0 Å². The van der Waals surface area contributed by atoms with E-state index in [1.54, 1.807) is 18.9 Å². The number of para-hydroxylation sites is 2. The zero-order valence-corrected chi connectivity index (χ0v) is 13.9. The Morgan fingerprint density at radius 2 is 2.05 bits per heavy atom. The van der Waals surface area contributed by atoms with Crippen LogP contribution >= 0.6 is 23.4 Å². The first kappa shape index (κ1) is 15.4. The van der Waals surface area contributed by atoms with Gasteiger partial charge in [-0.05, 0) is 29.8 Å². The zero-order chi connectivity index (χ0) is 15.4. The lowest BCUT2D eigenvalue weighted by Gasteiger charge is -2.08. The van der Waals surface area contributed by atoms with Crippen LogP contribution in [0.1, 0.15) is 5.56 Å². The summed E-state index contributed by atoms with van der Waals surface area (Å²) in [4.78, 5) is 4.74. The number of methoxy groups -OCH3 is 1. The first-order valence-corrected chi connectivity index (χ1v) is 8.46. The molecular formula is C17H17ClN2OS. The van der Waals surface area contributed by atoms with Crippen molar-refractivity contribution in [3.05, 3.63) is 59.1 Å². The van der Waals surface area contributed by atoms with E-state index in [1.807, 2.05) is 36.4 Å². The Bertz CT molecular complexity index is 772. The molecule has 0 aliphatic rings. The highest BCUT2D eigenvalue weighted by atomic mass is 35.5. The maximum atomic E-state index is 6.04. The van der Waals surface area contributed by atoms with Gasteiger partial charge in [0.2, 0.25) is 0 Å². The van der Waals surface area contributed by atoms with Gasteiger partial charge in [0.15, 0.2) is 5.16 Å². The van der Waals surface area contributed by atoms with E-state index >= 15 is 0 Å². The number of thioether (sulfide) groups is 1. The highest BCUT2D eigenvalue weighted by molar-refractivity contribution is 7.98. The van der Waals surface area contributed by atoms with E-state index in [1.165, 1.54) is 5.56 Å². The lowest BCUT2D eigenvalue weighted by molar-refractivity contribution is 0.186. The first-order valence-electron chi connectivity index (χ1n) is 7.09. The zero-order valence-electron chi connectivity index (χ0n) is 12.3. The maximum Gasteiger partial charge on any atom is 0.169 e. The van der Waals surface area contributed by atoms with Crippen LogP contribution in [0.25, 0.3) is 11.0 Å². The van der Waals surface area contributed by atoms with Crippen LogP contribution in [0.15, 0.2) is 53.7 Å². The van der Waals surface area contributed by atoms with Crippen molar-refractivity contribution in [3.8, 4) is 0 Å². The van der Waals surface area contributed by atoms with Gasteiger partial charge in [-0.15, -0.1) is 0 Å². The van der Waals surface area contributed by atoms with Crippen LogP contribution in [0.3, 0.4) is 0 Å². The van der Waals surface area contributed by atoms with Crippen LogP contribution in [-0.4, -0.2) is 23.3 Å². The molecule has 22 heavy (non-hydrogen) atoms. The summed E-state index contributed by atoms with van der Waals surface area (Å²) in [6, 6.07) is 16.1. The topological polar surface area (TPSA) is 27.1 Å². The number of benzene rings is 2. The molecule has 0 N–H and O–H groups in total. The number of rotatable bonds is 6. The number of halogens is 1. The fourth-order valence-corrected chi connectivity index (χ4v) is 3.53. The second-order valence-electron chi connectivity index (χ2n) is 4.95. The number of nitrogens with zero attached hydrogens (tertiary/aromatic N) is 2. The summed E-state index contributed by atoms with van der Waals surface area (Å²) in [6.07, 6.45) is 0. The molecule has 0 saturated carbocycles. The average molecular weight is 333 g/mol. The summed E-state index contributed by atoms with van der Waals surface area (Å²) in [5.41, 5.74) is 3.36. The highest BCUT2D eigenvalue weighted by Crippen LogP contribution is 2.27. The fraction of sp³-hybridized carbons (Fsp3) is 0.235. The molecule has 0 fully saturated rings. The summed E-state index contributed by atoms with van der Waals surface area (Å²) in [5.74, 6) is 0.844. The minimum Gasteiger partial charge on any atom is -0.383 e. The molecule has 1 aromatic heterocycles. The normalized spacial score (nSPS) is 11.2. The van der Waals surface area contributed by atoms with Crippen molar-refractivity contribution in [1.82, 2.24) is 9.55 Å². The molecule has 5 heteroatoms. The van der Waals surface area contributed by atoms with E-state index in [-0.39, 0.29) is 0 Å². The Morgan fingerprint density at radius 1 is 1.18 bits per heavy atom. The van der Waals surface area contributed by atoms with Crippen molar-refractivity contribution in [1.29, 1.82) is 0 Å². The molecule has 0 atom stereocenters. The van der Waals surface area contributed by atoms with Crippen LogP contribution in [0.2, 0.25) is 5.02 Å². The van der Waals surface area contributed by atoms with Gasteiger partial charge in [-0.2, -0.15) is 0 Å². The molecule has 3 nitrogen and oxygen atoms in total. The molecule has 0 aliphatic heterocycles. The number of fused-ring (bicyclic) bond motifs is 1. The Balaban J connectivity index is 1.85. The molecule has 3 aromatic rings. The smallest absolute Gasteiger partial charge is 0.169 e. The number of ether oxygens (including phenoxy) is 1. The van der Waals surface area contributed by atoms with Gasteiger partial charge in [-0.1, -0.05) is 47.6 Å². The van der Waals surface area contributed by atoms with E-state index in [0.29, 0.717) is 6.61 Å². The average Bonchev–Trinajstić information content (AvgIpc) is 2.88. The summed E-state index contributed by atoms with van der Waals surface area (Å²) >= 11 is 7.77. The van der Waals surface area contributed by atoms with Crippen molar-refractivity contribution in [2.45, 2.75) is 17.5 Å². The lowest BCUT2D eigenvalue weighted by Crippen LogP contribution is -2.05. The minimum absolute atomic E-state index is 0.672. The SMILES string of the molecule is COCCn1c(SCc2cccc(Cl)c2)nc2ccccc21. The molecule has 1 heterocycles. The van der Waals surface area contributed by atoms with E-state index in [4.69, 9.17) is 21.3 Å². The number of hydrogen-bond donors (Lipinski definition) is 0. The molecular weight excluding hydrogens is 316 g/mol.